The summed E-state index contributed by atoms with van der Waals surface area (Å²) in [6, 6.07) is 7.23. The molecule has 1 amide bonds. The van der Waals surface area contributed by atoms with Crippen LogP contribution in [-0.4, -0.2) is 18.5 Å². The Labute approximate surface area is 82.5 Å². The summed E-state index contributed by atoms with van der Waals surface area (Å²) in [5.41, 5.74) is 12.8. The molecule has 1 aliphatic rings. The van der Waals surface area contributed by atoms with Gasteiger partial charge >= 0.3 is 0 Å². The van der Waals surface area contributed by atoms with Gasteiger partial charge < -0.3 is 16.4 Å². The number of nitrogens with two attached hydrogens (primary N) is 2. The maximum absolute atomic E-state index is 11.5. The van der Waals surface area contributed by atoms with Crippen LogP contribution in [0.25, 0.3) is 0 Å². The van der Waals surface area contributed by atoms with Crippen LogP contribution in [0.1, 0.15) is 6.42 Å². The molecule has 1 heterocycles. The standard InChI is InChI=1S/C10H13N3O/c11-7-2-1-3-9(4-7)13-6-8(12)5-10(13)14/h1-4,8H,5-6,11-12H2. The van der Waals surface area contributed by atoms with E-state index in [-0.39, 0.29) is 11.9 Å². The number of benzene rings is 1. The topological polar surface area (TPSA) is 72.3 Å². The van der Waals surface area contributed by atoms with Gasteiger partial charge in [-0.3, -0.25) is 4.79 Å². The predicted octanol–water partition coefficient (Wildman–Crippen LogP) is 0.333. The van der Waals surface area contributed by atoms with Crippen LogP contribution in [-0.2, 0) is 4.79 Å². The third-order valence-electron chi connectivity index (χ3n) is 2.34. The minimum Gasteiger partial charge on any atom is -0.399 e. The molecule has 4 N–H and O–H groups in total. The lowest BCUT2D eigenvalue weighted by Gasteiger charge is -2.16. The number of amides is 1. The Kier molecular flexibility index (Phi) is 2.13. The number of nitrogen functional groups attached to an aromatic ring is 1. The van der Waals surface area contributed by atoms with Crippen LogP contribution in [0, 0.1) is 0 Å². The largest absolute Gasteiger partial charge is 0.399 e. The molecule has 1 aromatic rings. The Morgan fingerprint density at radius 3 is 2.79 bits per heavy atom. The Bertz CT molecular complexity index is 364. The second-order valence-corrected chi connectivity index (χ2v) is 3.56. The summed E-state index contributed by atoms with van der Waals surface area (Å²) >= 11 is 0. The van der Waals surface area contributed by atoms with Crippen molar-refractivity contribution in [3.8, 4) is 0 Å². The number of carbonyl (C=O) groups excluding carboxylic acids is 1. The van der Waals surface area contributed by atoms with Crippen LogP contribution >= 0.6 is 0 Å². The normalized spacial score (nSPS) is 21.6. The SMILES string of the molecule is Nc1cccc(N2CC(N)CC2=O)c1. The summed E-state index contributed by atoms with van der Waals surface area (Å²) in [7, 11) is 0. The second kappa shape index (κ2) is 3.31. The van der Waals surface area contributed by atoms with Gasteiger partial charge in [0.15, 0.2) is 0 Å². The summed E-state index contributed by atoms with van der Waals surface area (Å²) in [4.78, 5) is 13.2. The van der Waals surface area contributed by atoms with Crippen molar-refractivity contribution in [3.05, 3.63) is 24.3 Å². The molecule has 0 bridgehead atoms. The maximum Gasteiger partial charge on any atom is 0.228 e. The van der Waals surface area contributed by atoms with E-state index in [4.69, 9.17) is 11.5 Å². The van der Waals surface area contributed by atoms with E-state index in [9.17, 15) is 4.79 Å². The minimum atomic E-state index is -0.0519. The van der Waals surface area contributed by atoms with Crippen molar-refractivity contribution in [1.29, 1.82) is 0 Å². The number of carbonyl (C=O) groups is 1. The van der Waals surface area contributed by atoms with E-state index in [0.717, 1.165) is 5.69 Å². The molecule has 1 aliphatic heterocycles. The first-order valence-electron chi connectivity index (χ1n) is 4.58. The summed E-state index contributed by atoms with van der Waals surface area (Å²) < 4.78 is 0. The third-order valence-corrected chi connectivity index (χ3v) is 2.34. The van der Waals surface area contributed by atoms with Gasteiger partial charge in [0.2, 0.25) is 5.91 Å². The molecule has 4 heteroatoms. The van der Waals surface area contributed by atoms with Crippen molar-refractivity contribution in [2.45, 2.75) is 12.5 Å². The molecule has 2 rings (SSSR count). The van der Waals surface area contributed by atoms with E-state index in [1.807, 2.05) is 12.1 Å². The average Bonchev–Trinajstić information content (AvgIpc) is 2.45. The van der Waals surface area contributed by atoms with E-state index in [1.165, 1.54) is 0 Å². The van der Waals surface area contributed by atoms with Crippen LogP contribution in [0.5, 0.6) is 0 Å². The van der Waals surface area contributed by atoms with Gasteiger partial charge in [-0.15, -0.1) is 0 Å². The first-order chi connectivity index (χ1) is 6.66. The van der Waals surface area contributed by atoms with E-state index >= 15 is 0 Å². The fourth-order valence-corrected chi connectivity index (χ4v) is 1.68. The highest BCUT2D eigenvalue weighted by molar-refractivity contribution is 5.96. The molecule has 1 unspecified atom stereocenters. The number of rotatable bonds is 1. The Hall–Kier alpha value is -1.55. The number of nitrogens with zero attached hydrogens (tertiary/aromatic N) is 1. The number of hydrogen-bond acceptors (Lipinski definition) is 3. The minimum absolute atomic E-state index is 0.0519. The molecule has 0 radical (unpaired) electrons. The Morgan fingerprint density at radius 1 is 1.43 bits per heavy atom. The van der Waals surface area contributed by atoms with Gasteiger partial charge in [0.1, 0.15) is 0 Å². The predicted molar refractivity (Wildman–Crippen MR) is 55.8 cm³/mol. The van der Waals surface area contributed by atoms with Crippen molar-refractivity contribution in [1.82, 2.24) is 0 Å². The van der Waals surface area contributed by atoms with E-state index in [0.29, 0.717) is 18.7 Å². The fourth-order valence-electron chi connectivity index (χ4n) is 1.68. The molecule has 0 saturated carbocycles. The monoisotopic (exact) mass is 191 g/mol. The molecule has 4 nitrogen and oxygen atoms in total. The van der Waals surface area contributed by atoms with Crippen LogP contribution in [0.4, 0.5) is 11.4 Å². The van der Waals surface area contributed by atoms with Crippen molar-refractivity contribution in [3.63, 3.8) is 0 Å². The zero-order chi connectivity index (χ0) is 10.1. The summed E-state index contributed by atoms with van der Waals surface area (Å²) in [6.45, 7) is 0.586. The van der Waals surface area contributed by atoms with Crippen molar-refractivity contribution in [2.75, 3.05) is 17.2 Å². The van der Waals surface area contributed by atoms with Gasteiger partial charge in [-0.1, -0.05) is 6.07 Å². The maximum atomic E-state index is 11.5. The first kappa shape index (κ1) is 9.02. The smallest absolute Gasteiger partial charge is 0.228 e. The van der Waals surface area contributed by atoms with Gasteiger partial charge in [0.25, 0.3) is 0 Å². The molecule has 0 aliphatic carbocycles. The second-order valence-electron chi connectivity index (χ2n) is 3.56. The number of hydrogen-bond donors (Lipinski definition) is 2. The summed E-state index contributed by atoms with van der Waals surface area (Å²) in [6.07, 6.45) is 0.425. The van der Waals surface area contributed by atoms with Crippen LogP contribution in [0.15, 0.2) is 24.3 Å². The van der Waals surface area contributed by atoms with E-state index < -0.39 is 0 Å². The Balaban J connectivity index is 2.27. The van der Waals surface area contributed by atoms with Crippen LogP contribution < -0.4 is 16.4 Å². The lowest BCUT2D eigenvalue weighted by atomic mass is 10.2. The highest BCUT2D eigenvalue weighted by Gasteiger charge is 2.27. The molecule has 14 heavy (non-hydrogen) atoms. The molecule has 1 saturated heterocycles. The molecular formula is C10H13N3O. The van der Waals surface area contributed by atoms with Gasteiger partial charge in [-0.25, -0.2) is 0 Å². The molecule has 1 aromatic carbocycles. The number of anilines is 2. The Morgan fingerprint density at radius 2 is 2.21 bits per heavy atom. The molecule has 0 spiro atoms. The first-order valence-corrected chi connectivity index (χ1v) is 4.58. The molecular weight excluding hydrogens is 178 g/mol. The summed E-state index contributed by atoms with van der Waals surface area (Å²) in [5, 5.41) is 0. The van der Waals surface area contributed by atoms with Gasteiger partial charge in [0.05, 0.1) is 0 Å². The van der Waals surface area contributed by atoms with Gasteiger partial charge in [-0.2, -0.15) is 0 Å². The van der Waals surface area contributed by atoms with Crippen molar-refractivity contribution in [2.24, 2.45) is 5.73 Å². The zero-order valence-electron chi connectivity index (χ0n) is 7.81. The molecule has 1 fully saturated rings. The molecule has 74 valence electrons. The van der Waals surface area contributed by atoms with E-state index in [2.05, 4.69) is 0 Å². The van der Waals surface area contributed by atoms with Gasteiger partial charge in [-0.05, 0) is 18.2 Å². The summed E-state index contributed by atoms with van der Waals surface area (Å²) in [5.74, 6) is 0.0723. The van der Waals surface area contributed by atoms with E-state index in [1.54, 1.807) is 17.0 Å². The van der Waals surface area contributed by atoms with Crippen LogP contribution in [0.2, 0.25) is 0 Å². The molecule has 0 aromatic heterocycles. The molecule has 1 atom stereocenters. The highest BCUT2D eigenvalue weighted by atomic mass is 16.2. The van der Waals surface area contributed by atoms with Crippen molar-refractivity contribution < 1.29 is 4.79 Å². The highest BCUT2D eigenvalue weighted by Crippen LogP contribution is 2.22. The van der Waals surface area contributed by atoms with Crippen LogP contribution in [0.3, 0.4) is 0 Å². The quantitative estimate of drug-likeness (QED) is 0.628. The van der Waals surface area contributed by atoms with Gasteiger partial charge in [0, 0.05) is 30.4 Å². The fraction of sp³-hybridized carbons (Fsp3) is 0.300. The average molecular weight is 191 g/mol. The zero-order valence-corrected chi connectivity index (χ0v) is 7.81. The lowest BCUT2D eigenvalue weighted by molar-refractivity contribution is -0.117. The third kappa shape index (κ3) is 1.56. The lowest BCUT2D eigenvalue weighted by Crippen LogP contribution is -2.27. The van der Waals surface area contributed by atoms with Crippen molar-refractivity contribution >= 4 is 17.3 Å².